The van der Waals surface area contributed by atoms with Crippen LogP contribution in [0.15, 0.2) is 118 Å². The average Bonchev–Trinajstić information content (AvgIpc) is 3.36. The molecule has 1 aromatic heterocycles. The first-order valence-electron chi connectivity index (χ1n) is 11.2. The van der Waals surface area contributed by atoms with E-state index in [1.807, 2.05) is 42.5 Å². The number of aromatic nitrogens is 1. The molecule has 0 spiro atoms. The first kappa shape index (κ1) is 22.7. The van der Waals surface area contributed by atoms with Gasteiger partial charge in [-0.15, -0.1) is 0 Å². The van der Waals surface area contributed by atoms with Crippen LogP contribution in [0.5, 0.6) is 0 Å². The minimum atomic E-state index is -0.280. The molecule has 1 atom stereocenters. The first-order valence-corrected chi connectivity index (χ1v) is 12.0. The molecule has 2 heterocycles. The Hall–Kier alpha value is -4.10. The zero-order valence-corrected chi connectivity index (χ0v) is 20.3. The largest absolute Gasteiger partial charge is 0.271 e. The van der Waals surface area contributed by atoms with E-state index in [4.69, 9.17) is 5.10 Å². The van der Waals surface area contributed by atoms with Crippen LogP contribution in [0.2, 0.25) is 0 Å². The quantitative estimate of drug-likeness (QED) is 0.250. The van der Waals surface area contributed by atoms with Crippen molar-refractivity contribution >= 4 is 39.5 Å². The van der Waals surface area contributed by atoms with Gasteiger partial charge in [0.15, 0.2) is 0 Å². The van der Waals surface area contributed by atoms with Gasteiger partial charge in [0.1, 0.15) is 0 Å². The highest BCUT2D eigenvalue weighted by atomic mass is 79.9. The van der Waals surface area contributed by atoms with Crippen molar-refractivity contribution < 1.29 is 4.79 Å². The van der Waals surface area contributed by atoms with Crippen LogP contribution in [0.4, 0.5) is 5.69 Å². The predicted octanol–water partition coefficient (Wildman–Crippen LogP) is 5.96. The number of nitrogens with zero attached hydrogens (tertiary/aromatic N) is 4. The monoisotopic (exact) mass is 523 g/mol. The van der Waals surface area contributed by atoms with Crippen molar-refractivity contribution in [1.29, 1.82) is 0 Å². The summed E-state index contributed by atoms with van der Waals surface area (Å²) in [5, 5.41) is 11.2. The second-order valence-electron chi connectivity index (χ2n) is 8.06. The first-order chi connectivity index (χ1) is 17.2. The summed E-state index contributed by atoms with van der Waals surface area (Å²) in [6.07, 6.45) is 5.58. The second-order valence-corrected chi connectivity index (χ2v) is 8.97. The normalized spacial score (nSPS) is 15.3. The summed E-state index contributed by atoms with van der Waals surface area (Å²) in [7, 11) is 0. The van der Waals surface area contributed by atoms with Crippen molar-refractivity contribution in [1.82, 2.24) is 10.4 Å². The lowest BCUT2D eigenvalue weighted by atomic mass is 9.98. The van der Waals surface area contributed by atoms with Crippen LogP contribution in [-0.4, -0.2) is 22.8 Å². The van der Waals surface area contributed by atoms with Crippen molar-refractivity contribution in [2.45, 2.75) is 12.5 Å². The number of benzene rings is 3. The second kappa shape index (κ2) is 10.4. The molecule has 0 fully saturated rings. The van der Waals surface area contributed by atoms with Crippen LogP contribution < -0.4 is 10.4 Å². The summed E-state index contributed by atoms with van der Waals surface area (Å²) in [6.45, 7) is 0. The number of carbonyl (C=O) groups excluding carboxylic acids is 1. The number of hydrazone groups is 2. The number of hydrogen-bond donors (Lipinski definition) is 1. The maximum Gasteiger partial charge on any atom is 0.271 e. The molecule has 6 nitrogen and oxygen atoms in total. The maximum absolute atomic E-state index is 12.1. The highest BCUT2D eigenvalue weighted by Crippen LogP contribution is 2.37. The zero-order valence-electron chi connectivity index (χ0n) is 18.8. The van der Waals surface area contributed by atoms with E-state index in [0.29, 0.717) is 5.56 Å². The summed E-state index contributed by atoms with van der Waals surface area (Å²) in [5.41, 5.74) is 8.30. The summed E-state index contributed by atoms with van der Waals surface area (Å²) in [4.78, 5) is 16.0. The van der Waals surface area contributed by atoms with Gasteiger partial charge in [-0.25, -0.2) is 5.43 Å². The van der Waals surface area contributed by atoms with Crippen molar-refractivity contribution in [2.75, 3.05) is 5.01 Å². The minimum absolute atomic E-state index is 0.0949. The highest BCUT2D eigenvalue weighted by Gasteiger charge is 2.29. The van der Waals surface area contributed by atoms with E-state index < -0.39 is 0 Å². The molecule has 0 bridgehead atoms. The minimum Gasteiger partial charge on any atom is -0.267 e. The molecular weight excluding hydrogens is 502 g/mol. The lowest BCUT2D eigenvalue weighted by Crippen LogP contribution is -2.18. The van der Waals surface area contributed by atoms with Crippen LogP contribution in [0.1, 0.15) is 39.5 Å². The van der Waals surface area contributed by atoms with E-state index in [1.54, 1.807) is 30.7 Å². The van der Waals surface area contributed by atoms with E-state index in [2.05, 4.69) is 72.8 Å². The molecule has 4 aromatic rings. The van der Waals surface area contributed by atoms with Crippen LogP contribution >= 0.6 is 15.9 Å². The Bertz CT molecular complexity index is 1350. The molecule has 1 unspecified atom stereocenters. The van der Waals surface area contributed by atoms with Crippen molar-refractivity contribution in [3.05, 3.63) is 130 Å². The molecule has 172 valence electrons. The molecule has 3 aromatic carbocycles. The molecule has 0 saturated carbocycles. The molecular formula is C28H22BrN5O. The van der Waals surface area contributed by atoms with Gasteiger partial charge in [0.25, 0.3) is 5.91 Å². The van der Waals surface area contributed by atoms with Gasteiger partial charge < -0.3 is 0 Å². The lowest BCUT2D eigenvalue weighted by Gasteiger charge is -2.24. The summed E-state index contributed by atoms with van der Waals surface area (Å²) < 4.78 is 1.05. The van der Waals surface area contributed by atoms with E-state index in [-0.39, 0.29) is 11.9 Å². The fourth-order valence-electron chi connectivity index (χ4n) is 3.94. The number of rotatable bonds is 6. The molecule has 7 heteroatoms. The van der Waals surface area contributed by atoms with Crippen LogP contribution in [0.25, 0.3) is 0 Å². The third kappa shape index (κ3) is 5.36. The van der Waals surface area contributed by atoms with Gasteiger partial charge in [-0.2, -0.15) is 10.2 Å². The number of carbonyl (C=O) groups is 1. The molecule has 0 radical (unpaired) electrons. The number of nitrogens with one attached hydrogen (secondary N) is 1. The van der Waals surface area contributed by atoms with Crippen molar-refractivity contribution in [2.24, 2.45) is 10.2 Å². The smallest absolute Gasteiger partial charge is 0.267 e. The molecule has 1 aliphatic heterocycles. The lowest BCUT2D eigenvalue weighted by molar-refractivity contribution is 0.0955. The van der Waals surface area contributed by atoms with Gasteiger partial charge in [0.2, 0.25) is 0 Å². The van der Waals surface area contributed by atoms with E-state index in [1.165, 1.54) is 5.56 Å². The van der Waals surface area contributed by atoms with E-state index in [9.17, 15) is 4.79 Å². The number of anilines is 1. The number of pyridine rings is 1. The predicted molar refractivity (Wildman–Crippen MR) is 143 cm³/mol. The third-order valence-corrected chi connectivity index (χ3v) is 6.28. The number of halogens is 1. The van der Waals surface area contributed by atoms with E-state index >= 15 is 0 Å². The molecule has 35 heavy (non-hydrogen) atoms. The van der Waals surface area contributed by atoms with E-state index in [0.717, 1.165) is 33.4 Å². The van der Waals surface area contributed by atoms with Gasteiger partial charge in [-0.3, -0.25) is 14.8 Å². The summed E-state index contributed by atoms with van der Waals surface area (Å²) in [6, 6.07) is 30.0. The summed E-state index contributed by atoms with van der Waals surface area (Å²) in [5.74, 6) is -0.280. The van der Waals surface area contributed by atoms with Crippen LogP contribution in [0, 0.1) is 0 Å². The van der Waals surface area contributed by atoms with Gasteiger partial charge >= 0.3 is 0 Å². The van der Waals surface area contributed by atoms with Crippen LogP contribution in [-0.2, 0) is 0 Å². The fourth-order valence-corrected chi connectivity index (χ4v) is 4.21. The Morgan fingerprint density at radius 3 is 2.37 bits per heavy atom. The Morgan fingerprint density at radius 2 is 1.66 bits per heavy atom. The maximum atomic E-state index is 12.1. The van der Waals surface area contributed by atoms with Crippen LogP contribution in [0.3, 0.4) is 0 Å². The topological polar surface area (TPSA) is 70.0 Å². The molecule has 0 saturated heterocycles. The van der Waals surface area contributed by atoms with Crippen molar-refractivity contribution in [3.8, 4) is 0 Å². The number of hydrogen-bond acceptors (Lipinski definition) is 5. The van der Waals surface area contributed by atoms with Gasteiger partial charge in [-0.1, -0.05) is 70.5 Å². The molecule has 5 rings (SSSR count). The van der Waals surface area contributed by atoms with Gasteiger partial charge in [-0.05, 0) is 53.1 Å². The van der Waals surface area contributed by atoms with Gasteiger partial charge in [0, 0.05) is 28.9 Å². The Kier molecular flexibility index (Phi) is 6.77. The zero-order chi connectivity index (χ0) is 24.0. The summed E-state index contributed by atoms with van der Waals surface area (Å²) >= 11 is 3.53. The third-order valence-electron chi connectivity index (χ3n) is 5.75. The fraction of sp³-hybridized carbons (Fsp3) is 0.0714. The Balaban J connectivity index is 1.35. The molecule has 1 aliphatic rings. The van der Waals surface area contributed by atoms with Crippen molar-refractivity contribution in [3.63, 3.8) is 0 Å². The molecule has 0 aliphatic carbocycles. The average molecular weight is 524 g/mol. The standard InChI is InChI=1S/C28H22BrN5O/c29-24-10-8-22(9-11-24)27-18-26(21-4-2-1-3-5-21)33-34(27)25-12-6-20(7-13-25)19-31-32-28(35)23-14-16-30-17-15-23/h1-17,19,27H,18H2,(H,32,35)/b31-19+. The SMILES string of the molecule is O=C(N/N=C/c1ccc(N2N=C(c3ccccc3)CC2c2ccc(Br)cc2)cc1)c1ccncc1. The Labute approximate surface area is 212 Å². The molecule has 1 N–H and O–H groups in total. The highest BCUT2D eigenvalue weighted by molar-refractivity contribution is 9.10. The molecule has 1 amide bonds. The Morgan fingerprint density at radius 1 is 0.943 bits per heavy atom. The van der Waals surface area contributed by atoms with Gasteiger partial charge in [0.05, 0.1) is 23.7 Å². The number of amides is 1.